The Bertz CT molecular complexity index is 537. The predicted molar refractivity (Wildman–Crippen MR) is 85.9 cm³/mol. The van der Waals surface area contributed by atoms with Crippen LogP contribution in [0, 0.1) is 0 Å². The maximum atomic E-state index is 12.6. The second-order valence-electron chi connectivity index (χ2n) is 4.86. The van der Waals surface area contributed by atoms with E-state index in [-0.39, 0.29) is 24.2 Å². The van der Waals surface area contributed by atoms with Crippen LogP contribution < -0.4 is 11.1 Å². The zero-order valence-corrected chi connectivity index (χ0v) is 13.3. The van der Waals surface area contributed by atoms with Gasteiger partial charge in [0.25, 0.3) is 5.91 Å². The number of nitrogens with one attached hydrogen (secondary N) is 1. The van der Waals surface area contributed by atoms with Crippen molar-refractivity contribution in [2.24, 2.45) is 0 Å². The number of nitrogens with two attached hydrogens (primary N) is 1. The first-order chi connectivity index (χ1) is 9.54. The van der Waals surface area contributed by atoms with E-state index in [0.29, 0.717) is 29.2 Å². The lowest BCUT2D eigenvalue weighted by molar-refractivity contribution is -0.126. The molecule has 3 N–H and O–H groups in total. The maximum absolute atomic E-state index is 12.6. The summed E-state index contributed by atoms with van der Waals surface area (Å²) in [4.78, 5) is 26.1. The van der Waals surface area contributed by atoms with Crippen LogP contribution in [-0.2, 0) is 4.79 Å². The number of nitrogens with zero attached hydrogens (tertiary/aromatic N) is 1. The summed E-state index contributed by atoms with van der Waals surface area (Å²) in [7, 11) is 1.58. The molecular weight excluding hydrogens is 313 g/mol. The zero-order valence-electron chi connectivity index (χ0n) is 11.8. The van der Waals surface area contributed by atoms with Gasteiger partial charge in [0.05, 0.1) is 10.6 Å². The van der Waals surface area contributed by atoms with Gasteiger partial charge in [0, 0.05) is 19.3 Å². The molecule has 1 saturated heterocycles. The highest BCUT2D eigenvalue weighted by atomic mass is 35.5. The summed E-state index contributed by atoms with van der Waals surface area (Å²) in [6, 6.07) is 4.37. The number of anilines is 1. The van der Waals surface area contributed by atoms with Crippen LogP contribution in [0.4, 0.5) is 5.69 Å². The largest absolute Gasteiger partial charge is 0.399 e. The highest BCUT2D eigenvalue weighted by Crippen LogP contribution is 2.25. The molecule has 2 amide bonds. The molecule has 2 rings (SSSR count). The molecule has 0 spiro atoms. The molecule has 1 fully saturated rings. The molecular formula is C14H19Cl2N3O2. The third kappa shape index (κ3) is 3.80. The minimum atomic E-state index is -0.421. The molecule has 7 heteroatoms. The Hall–Kier alpha value is -1.46. The molecule has 1 aromatic carbocycles. The normalized spacial score (nSPS) is 17.8. The van der Waals surface area contributed by atoms with Crippen LogP contribution in [0.5, 0.6) is 0 Å². The summed E-state index contributed by atoms with van der Waals surface area (Å²) < 4.78 is 0. The Labute approximate surface area is 135 Å². The quantitative estimate of drug-likeness (QED) is 0.814. The van der Waals surface area contributed by atoms with Crippen LogP contribution >= 0.6 is 24.0 Å². The molecule has 0 bridgehead atoms. The number of rotatable bonds is 2. The van der Waals surface area contributed by atoms with Crippen LogP contribution in [0.3, 0.4) is 0 Å². The van der Waals surface area contributed by atoms with Gasteiger partial charge in [0.15, 0.2) is 0 Å². The third-order valence-electron chi connectivity index (χ3n) is 3.54. The first-order valence-corrected chi connectivity index (χ1v) is 7.00. The van der Waals surface area contributed by atoms with E-state index in [1.165, 1.54) is 0 Å². The van der Waals surface area contributed by atoms with Crippen molar-refractivity contribution in [3.8, 4) is 0 Å². The fourth-order valence-electron chi connectivity index (χ4n) is 2.47. The molecule has 0 radical (unpaired) electrons. The lowest BCUT2D eigenvalue weighted by Crippen LogP contribution is -2.51. The van der Waals surface area contributed by atoms with Gasteiger partial charge >= 0.3 is 0 Å². The number of hydrogen-bond acceptors (Lipinski definition) is 3. The van der Waals surface area contributed by atoms with Gasteiger partial charge < -0.3 is 16.0 Å². The van der Waals surface area contributed by atoms with E-state index in [2.05, 4.69) is 5.32 Å². The van der Waals surface area contributed by atoms with Gasteiger partial charge in [-0.2, -0.15) is 0 Å². The molecule has 1 atom stereocenters. The van der Waals surface area contributed by atoms with E-state index < -0.39 is 6.04 Å². The summed E-state index contributed by atoms with van der Waals surface area (Å²) in [6.45, 7) is 0.567. The fourth-order valence-corrected chi connectivity index (χ4v) is 2.74. The summed E-state index contributed by atoms with van der Waals surface area (Å²) in [5, 5.41) is 2.92. The van der Waals surface area contributed by atoms with E-state index in [0.717, 1.165) is 12.8 Å². The van der Waals surface area contributed by atoms with Crippen LogP contribution in [0.2, 0.25) is 5.02 Å². The molecule has 116 valence electrons. The summed E-state index contributed by atoms with van der Waals surface area (Å²) in [6.07, 6.45) is 2.52. The van der Waals surface area contributed by atoms with Crippen molar-refractivity contribution in [1.82, 2.24) is 10.2 Å². The Morgan fingerprint density at radius 1 is 1.38 bits per heavy atom. The van der Waals surface area contributed by atoms with Crippen LogP contribution in [0.25, 0.3) is 0 Å². The van der Waals surface area contributed by atoms with Gasteiger partial charge in [0.2, 0.25) is 5.91 Å². The standard InChI is InChI=1S/C14H18ClN3O2.ClH/c1-17-13(19)12-4-2-3-7-18(12)14(20)10-6-5-9(16)8-11(10)15;/h5-6,8,12H,2-4,7,16H2,1H3,(H,17,19);1H. The van der Waals surface area contributed by atoms with Crippen LogP contribution in [0.15, 0.2) is 18.2 Å². The number of carbonyl (C=O) groups excluding carboxylic acids is 2. The van der Waals surface area contributed by atoms with Crippen molar-refractivity contribution >= 4 is 41.5 Å². The number of hydrogen-bond donors (Lipinski definition) is 2. The van der Waals surface area contributed by atoms with Crippen molar-refractivity contribution in [2.45, 2.75) is 25.3 Å². The van der Waals surface area contributed by atoms with Gasteiger partial charge in [0.1, 0.15) is 6.04 Å². The molecule has 21 heavy (non-hydrogen) atoms. The highest BCUT2D eigenvalue weighted by molar-refractivity contribution is 6.34. The van der Waals surface area contributed by atoms with E-state index in [1.54, 1.807) is 30.1 Å². The van der Waals surface area contributed by atoms with Gasteiger partial charge in [-0.25, -0.2) is 0 Å². The average molecular weight is 332 g/mol. The lowest BCUT2D eigenvalue weighted by Gasteiger charge is -2.34. The number of amides is 2. The Balaban J connectivity index is 0.00000220. The zero-order chi connectivity index (χ0) is 14.7. The first-order valence-electron chi connectivity index (χ1n) is 6.62. The predicted octanol–water partition coefficient (Wildman–Crippen LogP) is 2.08. The van der Waals surface area contributed by atoms with E-state index >= 15 is 0 Å². The third-order valence-corrected chi connectivity index (χ3v) is 3.85. The monoisotopic (exact) mass is 331 g/mol. The number of carbonyl (C=O) groups is 2. The molecule has 1 aromatic rings. The van der Waals surface area contributed by atoms with Crippen molar-refractivity contribution in [3.63, 3.8) is 0 Å². The van der Waals surface area contributed by atoms with E-state index in [1.807, 2.05) is 0 Å². The van der Waals surface area contributed by atoms with E-state index in [9.17, 15) is 9.59 Å². The van der Waals surface area contributed by atoms with Crippen molar-refractivity contribution in [2.75, 3.05) is 19.3 Å². The second-order valence-corrected chi connectivity index (χ2v) is 5.27. The Morgan fingerprint density at radius 3 is 2.71 bits per heavy atom. The Kier molecular flexibility index (Phi) is 6.30. The number of likely N-dealkylation sites (tertiary alicyclic amines) is 1. The molecule has 1 unspecified atom stereocenters. The van der Waals surface area contributed by atoms with Crippen molar-refractivity contribution < 1.29 is 9.59 Å². The lowest BCUT2D eigenvalue weighted by atomic mass is 10.00. The minimum absolute atomic E-state index is 0. The molecule has 0 aromatic heterocycles. The molecule has 5 nitrogen and oxygen atoms in total. The highest BCUT2D eigenvalue weighted by Gasteiger charge is 2.32. The summed E-state index contributed by atoms with van der Waals surface area (Å²) in [5.74, 6) is -0.354. The molecule has 1 aliphatic heterocycles. The average Bonchev–Trinajstić information content (AvgIpc) is 2.46. The second kappa shape index (κ2) is 7.52. The fraction of sp³-hybridized carbons (Fsp3) is 0.429. The van der Waals surface area contributed by atoms with Gasteiger partial charge in [-0.1, -0.05) is 11.6 Å². The van der Waals surface area contributed by atoms with Gasteiger partial charge in [-0.05, 0) is 37.5 Å². The van der Waals surface area contributed by atoms with Crippen molar-refractivity contribution in [3.05, 3.63) is 28.8 Å². The number of nitrogen functional groups attached to an aromatic ring is 1. The molecule has 0 saturated carbocycles. The summed E-state index contributed by atoms with van der Waals surface area (Å²) >= 11 is 6.08. The number of halogens is 2. The molecule has 1 aliphatic rings. The summed E-state index contributed by atoms with van der Waals surface area (Å²) in [5.41, 5.74) is 6.52. The molecule has 1 heterocycles. The number of likely N-dealkylation sites (N-methyl/N-ethyl adjacent to an activating group) is 1. The van der Waals surface area contributed by atoms with Crippen LogP contribution in [0.1, 0.15) is 29.6 Å². The first kappa shape index (κ1) is 17.6. The number of piperidine rings is 1. The topological polar surface area (TPSA) is 75.4 Å². The number of benzene rings is 1. The SMILES string of the molecule is CNC(=O)C1CCCCN1C(=O)c1ccc(N)cc1Cl.Cl. The maximum Gasteiger partial charge on any atom is 0.256 e. The van der Waals surface area contributed by atoms with Gasteiger partial charge in [-0.3, -0.25) is 9.59 Å². The van der Waals surface area contributed by atoms with Gasteiger partial charge in [-0.15, -0.1) is 12.4 Å². The van der Waals surface area contributed by atoms with E-state index in [4.69, 9.17) is 17.3 Å². The Morgan fingerprint density at radius 2 is 2.10 bits per heavy atom. The van der Waals surface area contributed by atoms with Crippen LogP contribution in [-0.4, -0.2) is 36.3 Å². The smallest absolute Gasteiger partial charge is 0.256 e. The van der Waals surface area contributed by atoms with Crippen molar-refractivity contribution in [1.29, 1.82) is 0 Å². The minimum Gasteiger partial charge on any atom is -0.399 e. The molecule has 0 aliphatic carbocycles.